The number of benzene rings is 2. The van der Waals surface area contributed by atoms with Crippen molar-refractivity contribution in [3.05, 3.63) is 78.2 Å². The molecule has 5 nitrogen and oxygen atoms in total. The van der Waals surface area contributed by atoms with Crippen LogP contribution in [0, 0.1) is 0 Å². The smallest absolute Gasteiger partial charge is 0.253 e. The van der Waals surface area contributed by atoms with Gasteiger partial charge in [0.05, 0.1) is 23.3 Å². The maximum atomic E-state index is 13.3. The topological polar surface area (TPSA) is 41.4 Å². The average molecular weight is 415 g/mol. The molecule has 31 heavy (non-hydrogen) atoms. The molecule has 3 aromatic rings. The first-order valence-corrected chi connectivity index (χ1v) is 11.3. The zero-order valence-corrected chi connectivity index (χ0v) is 18.4. The summed E-state index contributed by atoms with van der Waals surface area (Å²) >= 11 is 0. The Hall–Kier alpha value is -2.92. The number of aromatic nitrogens is 2. The summed E-state index contributed by atoms with van der Waals surface area (Å²) in [5, 5.41) is 0. The number of likely N-dealkylation sites (tertiary alicyclic amines) is 1. The molecule has 0 N–H and O–H groups in total. The third-order valence-electron chi connectivity index (χ3n) is 6.87. The van der Waals surface area contributed by atoms with Gasteiger partial charge in [-0.25, -0.2) is 4.98 Å². The predicted molar refractivity (Wildman–Crippen MR) is 123 cm³/mol. The van der Waals surface area contributed by atoms with Gasteiger partial charge in [0, 0.05) is 43.3 Å². The van der Waals surface area contributed by atoms with E-state index in [0.29, 0.717) is 6.04 Å². The largest absolute Gasteiger partial charge is 0.336 e. The minimum atomic E-state index is -0.138. The Morgan fingerprint density at radius 2 is 1.71 bits per heavy atom. The number of fused-ring (bicyclic) bond motifs is 2. The molecule has 1 saturated heterocycles. The fourth-order valence-electron chi connectivity index (χ4n) is 5.21. The lowest BCUT2D eigenvalue weighted by Gasteiger charge is -2.50. The van der Waals surface area contributed by atoms with Gasteiger partial charge in [-0.3, -0.25) is 9.69 Å². The highest BCUT2D eigenvalue weighted by Crippen LogP contribution is 2.39. The molecule has 0 saturated carbocycles. The highest BCUT2D eigenvalue weighted by molar-refractivity contribution is 5.94. The summed E-state index contributed by atoms with van der Waals surface area (Å²) in [7, 11) is 0. The van der Waals surface area contributed by atoms with Crippen molar-refractivity contribution in [1.82, 2.24) is 19.4 Å². The van der Waals surface area contributed by atoms with Crippen LogP contribution in [0.4, 0.5) is 0 Å². The number of piperidine rings is 1. The van der Waals surface area contributed by atoms with Crippen LogP contribution in [0.15, 0.2) is 67.0 Å². The van der Waals surface area contributed by atoms with Crippen molar-refractivity contribution >= 4 is 5.91 Å². The Morgan fingerprint density at radius 1 is 1.00 bits per heavy atom. The number of hydrogen-bond donors (Lipinski definition) is 0. The molecule has 0 unspecified atom stereocenters. The molecule has 1 fully saturated rings. The third-order valence-corrected chi connectivity index (χ3v) is 6.87. The highest BCUT2D eigenvalue weighted by atomic mass is 16.2. The van der Waals surface area contributed by atoms with Crippen molar-refractivity contribution in [2.24, 2.45) is 0 Å². The van der Waals surface area contributed by atoms with Gasteiger partial charge in [0.15, 0.2) is 0 Å². The van der Waals surface area contributed by atoms with Gasteiger partial charge < -0.3 is 9.47 Å². The lowest BCUT2D eigenvalue weighted by atomic mass is 9.85. The first kappa shape index (κ1) is 20.0. The third kappa shape index (κ3) is 3.57. The number of imidazole rings is 1. The van der Waals surface area contributed by atoms with E-state index in [1.54, 1.807) is 0 Å². The fraction of sp³-hybridized carbons (Fsp3) is 0.385. The van der Waals surface area contributed by atoms with Gasteiger partial charge in [-0.1, -0.05) is 48.5 Å². The summed E-state index contributed by atoms with van der Waals surface area (Å²) in [6.07, 6.45) is 4.08. The van der Waals surface area contributed by atoms with E-state index in [1.807, 2.05) is 42.7 Å². The van der Waals surface area contributed by atoms with Crippen molar-refractivity contribution < 1.29 is 4.79 Å². The zero-order valence-electron chi connectivity index (χ0n) is 18.4. The Morgan fingerprint density at radius 3 is 2.42 bits per heavy atom. The molecule has 2 aliphatic heterocycles. The lowest BCUT2D eigenvalue weighted by Crippen LogP contribution is -2.60. The summed E-state index contributed by atoms with van der Waals surface area (Å²) in [6.45, 7) is 7.89. The second-order valence-corrected chi connectivity index (χ2v) is 9.20. The Balaban J connectivity index is 1.54. The molecule has 1 aromatic heterocycles. The standard InChI is InChI=1S/C26H30N4O/c1-20(2)29-16-23-24(21-10-5-3-6-11-21)27-19-30(23)26(18-29)14-9-15-28(17-26)25(31)22-12-7-4-8-13-22/h3-8,10-13,19-20H,9,14-18H2,1-2H3/t26-/m1/s1. The van der Waals surface area contributed by atoms with Crippen LogP contribution in [0.5, 0.6) is 0 Å². The second-order valence-electron chi connectivity index (χ2n) is 9.20. The van der Waals surface area contributed by atoms with E-state index in [9.17, 15) is 4.79 Å². The normalized spacial score (nSPS) is 21.5. The molecule has 2 aromatic carbocycles. The molecule has 1 atom stereocenters. The fourth-order valence-corrected chi connectivity index (χ4v) is 5.21. The molecular weight excluding hydrogens is 384 g/mol. The summed E-state index contributed by atoms with van der Waals surface area (Å²) in [4.78, 5) is 22.7. The molecule has 0 aliphatic carbocycles. The van der Waals surface area contributed by atoms with Crippen molar-refractivity contribution in [1.29, 1.82) is 0 Å². The summed E-state index contributed by atoms with van der Waals surface area (Å²) in [5.41, 5.74) is 4.12. The number of carbonyl (C=O) groups is 1. The maximum Gasteiger partial charge on any atom is 0.253 e. The molecule has 2 aliphatic rings. The highest BCUT2D eigenvalue weighted by Gasteiger charge is 2.45. The van der Waals surface area contributed by atoms with Crippen LogP contribution in [0.1, 0.15) is 42.7 Å². The average Bonchev–Trinajstić information content (AvgIpc) is 3.25. The number of nitrogens with zero attached hydrogens (tertiary/aromatic N) is 4. The van der Waals surface area contributed by atoms with Crippen LogP contribution >= 0.6 is 0 Å². The van der Waals surface area contributed by atoms with E-state index in [0.717, 1.165) is 55.8 Å². The van der Waals surface area contributed by atoms with Crippen LogP contribution in [0.3, 0.4) is 0 Å². The predicted octanol–water partition coefficient (Wildman–Crippen LogP) is 4.41. The molecule has 160 valence electrons. The summed E-state index contributed by atoms with van der Waals surface area (Å²) in [6, 6.07) is 20.6. The van der Waals surface area contributed by atoms with E-state index in [4.69, 9.17) is 4.98 Å². The first-order chi connectivity index (χ1) is 15.1. The van der Waals surface area contributed by atoms with Crippen LogP contribution < -0.4 is 0 Å². The van der Waals surface area contributed by atoms with E-state index in [1.165, 1.54) is 5.69 Å². The van der Waals surface area contributed by atoms with Gasteiger partial charge in [-0.2, -0.15) is 0 Å². The van der Waals surface area contributed by atoms with Gasteiger partial charge in [-0.15, -0.1) is 0 Å². The van der Waals surface area contributed by atoms with Crippen molar-refractivity contribution in [2.75, 3.05) is 19.6 Å². The molecule has 1 spiro atoms. The number of carbonyl (C=O) groups excluding carboxylic acids is 1. The van der Waals surface area contributed by atoms with Crippen LogP contribution in [-0.2, 0) is 12.1 Å². The Bertz CT molecular complexity index is 1060. The van der Waals surface area contributed by atoms with E-state index < -0.39 is 0 Å². The molecule has 0 radical (unpaired) electrons. The van der Waals surface area contributed by atoms with E-state index in [2.05, 4.69) is 52.5 Å². The second kappa shape index (κ2) is 7.97. The van der Waals surface area contributed by atoms with Crippen molar-refractivity contribution in [3.8, 4) is 11.3 Å². The van der Waals surface area contributed by atoms with Gasteiger partial charge >= 0.3 is 0 Å². The Kier molecular flexibility index (Phi) is 5.14. The SMILES string of the molecule is CC(C)N1Cc2c(-c3ccccc3)ncn2[C@@]2(CCCN(C(=O)c3ccccc3)C2)C1. The monoisotopic (exact) mass is 414 g/mol. The van der Waals surface area contributed by atoms with Gasteiger partial charge in [0.25, 0.3) is 5.91 Å². The van der Waals surface area contributed by atoms with Crippen molar-refractivity contribution in [3.63, 3.8) is 0 Å². The minimum Gasteiger partial charge on any atom is -0.336 e. The number of amides is 1. The summed E-state index contributed by atoms with van der Waals surface area (Å²) in [5.74, 6) is 0.131. The molecular formula is C26H30N4O. The lowest BCUT2D eigenvalue weighted by molar-refractivity contribution is 0.0179. The number of rotatable bonds is 3. The first-order valence-electron chi connectivity index (χ1n) is 11.3. The van der Waals surface area contributed by atoms with Crippen LogP contribution in [0.2, 0.25) is 0 Å². The molecule has 0 bridgehead atoms. The number of hydrogen-bond acceptors (Lipinski definition) is 3. The van der Waals surface area contributed by atoms with Crippen molar-refractivity contribution in [2.45, 2.75) is 44.8 Å². The molecule has 5 rings (SSSR count). The quantitative estimate of drug-likeness (QED) is 0.638. The van der Waals surface area contributed by atoms with Gasteiger partial charge in [-0.05, 0) is 38.8 Å². The van der Waals surface area contributed by atoms with Crippen LogP contribution in [-0.4, -0.2) is 50.9 Å². The van der Waals surface area contributed by atoms with Crippen LogP contribution in [0.25, 0.3) is 11.3 Å². The Labute approximate surface area is 184 Å². The minimum absolute atomic E-state index is 0.131. The molecule has 1 amide bonds. The summed E-state index contributed by atoms with van der Waals surface area (Å²) < 4.78 is 2.40. The van der Waals surface area contributed by atoms with Gasteiger partial charge in [0.2, 0.25) is 0 Å². The van der Waals surface area contributed by atoms with Gasteiger partial charge in [0.1, 0.15) is 0 Å². The zero-order chi connectivity index (χ0) is 21.4. The molecule has 3 heterocycles. The molecule has 5 heteroatoms. The maximum absolute atomic E-state index is 13.3. The van der Waals surface area contributed by atoms with E-state index >= 15 is 0 Å². The van der Waals surface area contributed by atoms with E-state index in [-0.39, 0.29) is 11.4 Å².